The number of benzene rings is 3. The van der Waals surface area contributed by atoms with Crippen molar-refractivity contribution in [2.24, 2.45) is 0 Å². The lowest BCUT2D eigenvalue weighted by Crippen LogP contribution is -2.65. The number of rotatable bonds is 44. The highest BCUT2D eigenvalue weighted by Gasteiger charge is 2.44. The first-order valence-electron chi connectivity index (χ1n) is 40.9. The number of carbonyl (C=O) groups is 19. The Morgan fingerprint density at radius 1 is 0.282 bits per heavy atom. The van der Waals surface area contributed by atoms with Crippen LogP contribution in [0.25, 0.3) is 10.8 Å². The topological polar surface area (TPSA) is 562 Å². The van der Waals surface area contributed by atoms with Gasteiger partial charge in [-0.3, -0.25) is 86.3 Å². The quantitative estimate of drug-likeness (QED) is 0.0323. The van der Waals surface area contributed by atoms with Crippen molar-refractivity contribution < 1.29 is 95.8 Å². The predicted octanol–water partition coefficient (Wildman–Crippen LogP) is -0.316. The van der Waals surface area contributed by atoms with Crippen LogP contribution in [-0.2, 0) is 104 Å². The summed E-state index contributed by atoms with van der Waals surface area (Å²) in [7, 11) is 0. The average molecular weight is 1740 g/mol. The number of fused-ring (bicyclic) bond motifs is 1. The van der Waals surface area contributed by atoms with Crippen LogP contribution in [0.3, 0.4) is 0 Å². The van der Waals surface area contributed by atoms with Crippen molar-refractivity contribution in [2.75, 3.05) is 6.54 Å². The van der Waals surface area contributed by atoms with Gasteiger partial charge in [-0.25, -0.2) is 4.79 Å². The Balaban J connectivity index is 1.45. The fourth-order valence-corrected chi connectivity index (χ4v) is 11.2. The molecule has 0 bridgehead atoms. The van der Waals surface area contributed by atoms with Crippen molar-refractivity contribution in [3.05, 3.63) is 83.9 Å². The zero-order valence-electron chi connectivity index (χ0n) is 76.1. The molecule has 0 aromatic heterocycles. The molecule has 19 amide bonds. The Morgan fingerprint density at radius 2 is 0.548 bits per heavy atom. The molecule has 0 spiro atoms. The molecule has 9 atom stereocenters. The zero-order valence-corrected chi connectivity index (χ0v) is 76.1. The fourth-order valence-electron chi connectivity index (χ4n) is 11.2. The van der Waals surface area contributed by atoms with E-state index in [1.807, 2.05) is 72.8 Å². The van der Waals surface area contributed by atoms with E-state index < -0.39 is 211 Å². The first-order valence-corrected chi connectivity index (χ1v) is 40.9. The summed E-state index contributed by atoms with van der Waals surface area (Å²) in [6, 6.07) is 10.7. The van der Waals surface area contributed by atoms with Crippen LogP contribution in [0.5, 0.6) is 0 Å². The number of amides is 19. The molecule has 0 aliphatic rings. The summed E-state index contributed by atoms with van der Waals surface area (Å²) in [5.74, 6) is -14.3. The number of unbranched alkanes of at least 4 members (excludes halogenated alkanes) is 1. The molecule has 39 heteroatoms. The zero-order chi connectivity index (χ0) is 94.9. The smallest absolute Gasteiger partial charge is 0.407 e. The second-order valence-corrected chi connectivity index (χ2v) is 35.6. The van der Waals surface area contributed by atoms with Gasteiger partial charge in [0.05, 0.1) is 6.42 Å². The minimum atomic E-state index is -1.76. The molecule has 0 heterocycles. The molecule has 19 N–H and O–H groups in total. The van der Waals surface area contributed by atoms with Crippen molar-refractivity contribution >= 4 is 123 Å². The largest absolute Gasteiger partial charge is 0.445 e. The molecule has 0 saturated carbocycles. The van der Waals surface area contributed by atoms with Gasteiger partial charge in [0.15, 0.2) is 0 Å². The third-order valence-corrected chi connectivity index (χ3v) is 19.6. The second-order valence-electron chi connectivity index (χ2n) is 35.6. The van der Waals surface area contributed by atoms with Crippen LogP contribution in [0.15, 0.2) is 72.8 Å². The summed E-state index contributed by atoms with van der Waals surface area (Å²) in [6.45, 7) is 35.7. The van der Waals surface area contributed by atoms with Crippen LogP contribution in [0.2, 0.25) is 0 Å². The number of hydrogen-bond acceptors (Lipinski definition) is 20. The maximum Gasteiger partial charge on any atom is 0.407 e. The van der Waals surface area contributed by atoms with Gasteiger partial charge in [0.2, 0.25) is 106 Å². The molecule has 686 valence electrons. The van der Waals surface area contributed by atoms with Crippen molar-refractivity contribution in [3.8, 4) is 0 Å². The van der Waals surface area contributed by atoms with Crippen LogP contribution >= 0.6 is 0 Å². The maximum atomic E-state index is 13.7. The van der Waals surface area contributed by atoms with Crippen LogP contribution in [0.1, 0.15) is 210 Å². The summed E-state index contributed by atoms with van der Waals surface area (Å²) in [6.07, 6.45) is 0.406. The molecule has 0 aliphatic carbocycles. The van der Waals surface area contributed by atoms with E-state index in [-0.39, 0.29) is 32.0 Å². The Kier molecular flexibility index (Phi) is 38.1. The molecule has 3 rings (SSSR count). The van der Waals surface area contributed by atoms with Crippen LogP contribution in [0.4, 0.5) is 4.79 Å². The van der Waals surface area contributed by atoms with Crippen LogP contribution < -0.4 is 101 Å². The van der Waals surface area contributed by atoms with E-state index >= 15 is 0 Å². The maximum absolute atomic E-state index is 13.7. The number of alkyl carbamates (subject to hydrolysis) is 1. The Hall–Kier alpha value is -12.4. The lowest BCUT2D eigenvalue weighted by Gasteiger charge is -2.32. The number of carbonyl (C=O) groups excluding carboxylic acids is 19. The van der Waals surface area contributed by atoms with E-state index in [1.165, 1.54) is 166 Å². The van der Waals surface area contributed by atoms with E-state index in [2.05, 4.69) is 101 Å². The summed E-state index contributed by atoms with van der Waals surface area (Å²) < 4.78 is 5.23. The lowest BCUT2D eigenvalue weighted by atomic mass is 10.00. The molecule has 0 unspecified atom stereocenters. The predicted molar refractivity (Wildman–Crippen MR) is 460 cm³/mol. The van der Waals surface area contributed by atoms with E-state index in [0.29, 0.717) is 12.8 Å². The molecule has 3 aromatic carbocycles. The fraction of sp³-hybridized carbons (Fsp3) is 0.588. The minimum Gasteiger partial charge on any atom is -0.445 e. The van der Waals surface area contributed by atoms with Gasteiger partial charge in [-0.1, -0.05) is 72.8 Å². The summed E-state index contributed by atoms with van der Waals surface area (Å²) >= 11 is 0. The standard InChI is InChI=1S/C85H131N19O20/c1-45(2)87-68(114)58(38-32-33-41-86-77(123)124-44-54-34-28-27-29-35-54)96-76(122)85(25,26)104-67(113)53(10)95-75(121)84(23,24)103-66(112)52(9)94-74(120)83(21,22)102-65(111)51(8)93-73(119)82(19,20)101-64(110)50(7)92-72(118)81(17,18)100-63(109)49(6)91-71(117)80(15,16)99-62(108)48(5)90-70(116)79(13,14)98-61(107)47(4)89-69(115)78(11,12)97-60(106)46(3)88-59(105)43-55-39-40-56-36-30-31-37-57(56)42-55/h27-31,34-37,39-40,42,45-53,58H,32-33,38,41,43-44H2,1-26H3,(H,86,123)(H,87,114)(H,88,105)(H,89,115)(H,90,116)(H,91,117)(H,92,118)(H,93,119)(H,94,120)(H,95,121)(H,96,122)(H,97,106)(H,98,107)(H,99,108)(H,100,109)(H,101,110)(H,102,111)(H,103,112)(H,104,113)/t46-,47-,48-,49-,50-,51-,52-,53-,58-/m0/s1. The first-order chi connectivity index (χ1) is 56.9. The van der Waals surface area contributed by atoms with Crippen LogP contribution in [0, 0.1) is 0 Å². The molecule has 124 heavy (non-hydrogen) atoms. The Labute approximate surface area is 724 Å². The van der Waals surface area contributed by atoms with Gasteiger partial charge >= 0.3 is 6.09 Å². The van der Waals surface area contributed by atoms with Crippen LogP contribution in [-0.4, -0.2) is 224 Å². The van der Waals surface area contributed by atoms with Gasteiger partial charge in [-0.15, -0.1) is 0 Å². The highest BCUT2D eigenvalue weighted by Crippen LogP contribution is 2.19. The average Bonchev–Trinajstić information content (AvgIpc) is 0.831. The summed E-state index contributed by atoms with van der Waals surface area (Å²) in [5.41, 5.74) is -12.1. The molecule has 39 nitrogen and oxygen atoms in total. The van der Waals surface area contributed by atoms with Gasteiger partial charge in [-0.2, -0.15) is 0 Å². The van der Waals surface area contributed by atoms with Gasteiger partial charge in [0.1, 0.15) is 105 Å². The van der Waals surface area contributed by atoms with Gasteiger partial charge in [0, 0.05) is 12.6 Å². The van der Waals surface area contributed by atoms with E-state index in [1.54, 1.807) is 13.8 Å². The number of nitrogens with one attached hydrogen (secondary N) is 19. The third-order valence-electron chi connectivity index (χ3n) is 19.6. The molecular formula is C85H131N19O20. The summed E-state index contributed by atoms with van der Waals surface area (Å²) in [5, 5.41) is 50.2. The van der Waals surface area contributed by atoms with Gasteiger partial charge in [0.25, 0.3) is 0 Å². The molecule has 3 aromatic rings. The molecule has 0 aliphatic heterocycles. The van der Waals surface area contributed by atoms with E-state index in [0.717, 1.165) is 21.9 Å². The molecular weight excluding hydrogens is 1610 g/mol. The third kappa shape index (κ3) is 33.5. The normalized spacial score (nSPS) is 14.2. The summed E-state index contributed by atoms with van der Waals surface area (Å²) in [4.78, 5) is 255. The van der Waals surface area contributed by atoms with Crippen molar-refractivity contribution in [2.45, 2.75) is 317 Å². The van der Waals surface area contributed by atoms with E-state index in [9.17, 15) is 91.1 Å². The van der Waals surface area contributed by atoms with E-state index in [4.69, 9.17) is 4.74 Å². The second kappa shape index (κ2) is 44.6. The number of ether oxygens (including phenoxy) is 1. The highest BCUT2D eigenvalue weighted by atomic mass is 16.5. The minimum absolute atomic E-state index is 0.000835. The van der Waals surface area contributed by atoms with Crippen molar-refractivity contribution in [1.29, 1.82) is 0 Å². The van der Waals surface area contributed by atoms with Gasteiger partial charge in [-0.05, 0) is 221 Å². The van der Waals surface area contributed by atoms with Gasteiger partial charge < -0.3 is 106 Å². The highest BCUT2D eigenvalue weighted by molar-refractivity contribution is 6.04. The molecule has 0 saturated heterocycles. The van der Waals surface area contributed by atoms with Crippen molar-refractivity contribution in [3.63, 3.8) is 0 Å². The Morgan fingerprint density at radius 3 is 0.839 bits per heavy atom. The Bertz CT molecular complexity index is 4440. The lowest BCUT2D eigenvalue weighted by molar-refractivity contribution is -0.139. The molecule has 0 radical (unpaired) electrons. The SMILES string of the molecule is CC(C)NC(=O)[C@H](CCCCNC(=O)OCc1ccccc1)NC(=O)C(C)(C)NC(=O)[C@H](C)NC(=O)C(C)(C)NC(=O)[C@H](C)NC(=O)C(C)(C)NC(=O)[C@H](C)NC(=O)C(C)(C)NC(=O)[C@H](C)NC(=O)C(C)(C)NC(=O)[C@H](C)NC(=O)C(C)(C)NC(=O)[C@H](C)NC(=O)C(C)(C)NC(=O)[C@H](C)NC(=O)C(C)(C)NC(=O)[C@H](C)NC(=O)Cc1ccc2ccccc2c1. The monoisotopic (exact) mass is 1740 g/mol. The number of hydrogen-bond donors (Lipinski definition) is 19. The first kappa shape index (κ1) is 106. The van der Waals surface area contributed by atoms with Crippen molar-refractivity contribution in [1.82, 2.24) is 101 Å². The molecule has 0 fully saturated rings.